The molecule has 0 heterocycles. The van der Waals surface area contributed by atoms with Crippen LogP contribution in [0, 0.1) is 0 Å². The van der Waals surface area contributed by atoms with E-state index in [1.807, 2.05) is 0 Å². The van der Waals surface area contributed by atoms with Gasteiger partial charge in [0.05, 0.1) is 0 Å². The number of carbonyl (C=O) groups excluding carboxylic acids is 1. The largest absolute Gasteiger partial charge is 1.00 e. The SMILES string of the molecule is CC(=O)O[O-].[Cu+]. The molecule has 0 saturated heterocycles. The van der Waals surface area contributed by atoms with Gasteiger partial charge in [-0.25, -0.2) is 0 Å². The quantitative estimate of drug-likeness (QED) is 0.241. The molecule has 0 amide bonds. The van der Waals surface area contributed by atoms with Crippen molar-refractivity contribution < 1.29 is 32.0 Å². The van der Waals surface area contributed by atoms with Gasteiger partial charge in [-0.1, -0.05) is 0 Å². The fraction of sp³-hybridized carbons (Fsp3) is 0.500. The second-order valence-electron chi connectivity index (χ2n) is 0.575. The molecule has 0 radical (unpaired) electrons. The second-order valence-corrected chi connectivity index (χ2v) is 0.575. The summed E-state index contributed by atoms with van der Waals surface area (Å²) in [6.07, 6.45) is 0. The van der Waals surface area contributed by atoms with E-state index in [0.29, 0.717) is 0 Å². The molecule has 0 saturated carbocycles. The second kappa shape index (κ2) is 4.95. The Hall–Kier alpha value is -0.0505. The molecule has 3 nitrogen and oxygen atoms in total. The molecule has 4 heteroatoms. The molecule has 0 aromatic rings. The Morgan fingerprint density at radius 2 is 2.00 bits per heavy atom. The molecule has 0 aromatic carbocycles. The zero-order valence-electron chi connectivity index (χ0n) is 3.03. The molecule has 0 atom stereocenters. The van der Waals surface area contributed by atoms with Crippen LogP contribution in [0.4, 0.5) is 0 Å². The van der Waals surface area contributed by atoms with Gasteiger partial charge in [0.2, 0.25) is 0 Å². The summed E-state index contributed by atoms with van der Waals surface area (Å²) in [5.74, 6) is -0.801. The van der Waals surface area contributed by atoms with Crippen molar-refractivity contribution in [2.75, 3.05) is 0 Å². The topological polar surface area (TPSA) is 49.4 Å². The van der Waals surface area contributed by atoms with E-state index in [-0.39, 0.29) is 17.1 Å². The van der Waals surface area contributed by atoms with Gasteiger partial charge in [-0.05, 0) is 0 Å². The molecule has 0 rings (SSSR count). The number of carbonyl (C=O) groups is 1. The summed E-state index contributed by atoms with van der Waals surface area (Å²) in [6, 6.07) is 0. The molecule has 0 aliphatic rings. The van der Waals surface area contributed by atoms with Gasteiger partial charge in [0.1, 0.15) is 0 Å². The van der Waals surface area contributed by atoms with Gasteiger partial charge in [-0.2, -0.15) is 0 Å². The van der Waals surface area contributed by atoms with E-state index in [4.69, 9.17) is 5.26 Å². The standard InChI is InChI=1S/C2H4O3.Cu/c1-2(3)5-4;/h4H,1H3;/q;+1/p-1. The molecule has 0 spiro atoms. The molecule has 0 aromatic heterocycles. The van der Waals surface area contributed by atoms with E-state index < -0.39 is 5.97 Å². The van der Waals surface area contributed by atoms with Crippen LogP contribution in [0.5, 0.6) is 0 Å². The summed E-state index contributed by atoms with van der Waals surface area (Å²) < 4.78 is 0. The molecular formula is C2H3CuO3. The van der Waals surface area contributed by atoms with Crippen LogP contribution < -0.4 is 5.26 Å². The monoisotopic (exact) mass is 138 g/mol. The Kier molecular flexibility index (Phi) is 7.71. The zero-order valence-corrected chi connectivity index (χ0v) is 3.97. The van der Waals surface area contributed by atoms with Crippen LogP contribution in [-0.4, -0.2) is 5.97 Å². The van der Waals surface area contributed by atoms with E-state index in [0.717, 1.165) is 6.92 Å². The van der Waals surface area contributed by atoms with Crippen LogP contribution in [0.15, 0.2) is 0 Å². The first-order valence-corrected chi connectivity index (χ1v) is 1.07. The van der Waals surface area contributed by atoms with E-state index in [9.17, 15) is 4.79 Å². The predicted octanol–water partition coefficient (Wildman–Crippen LogP) is -1.18. The average molecular weight is 139 g/mol. The predicted molar refractivity (Wildman–Crippen MR) is 11.8 cm³/mol. The minimum atomic E-state index is -0.801. The molecular weight excluding hydrogens is 136 g/mol. The van der Waals surface area contributed by atoms with Crippen molar-refractivity contribution in [1.82, 2.24) is 0 Å². The minimum absolute atomic E-state index is 0. The Morgan fingerprint density at radius 1 is 1.83 bits per heavy atom. The number of hydrogen-bond acceptors (Lipinski definition) is 3. The first kappa shape index (κ1) is 9.34. The van der Waals surface area contributed by atoms with Crippen molar-refractivity contribution >= 4 is 5.97 Å². The molecule has 40 valence electrons. The van der Waals surface area contributed by atoms with Gasteiger partial charge < -0.3 is 10.1 Å². The van der Waals surface area contributed by atoms with Gasteiger partial charge in [0, 0.05) is 6.92 Å². The molecule has 0 N–H and O–H groups in total. The van der Waals surface area contributed by atoms with Gasteiger partial charge >= 0.3 is 17.1 Å². The van der Waals surface area contributed by atoms with Crippen molar-refractivity contribution in [3.8, 4) is 0 Å². The van der Waals surface area contributed by atoms with Crippen molar-refractivity contribution in [2.24, 2.45) is 0 Å². The third kappa shape index (κ3) is 9.04. The van der Waals surface area contributed by atoms with Gasteiger partial charge in [0.25, 0.3) is 5.97 Å². The van der Waals surface area contributed by atoms with E-state index in [1.54, 1.807) is 0 Å². The summed E-state index contributed by atoms with van der Waals surface area (Å²) >= 11 is 0. The van der Waals surface area contributed by atoms with Crippen LogP contribution in [0.25, 0.3) is 0 Å². The number of rotatable bonds is 0. The van der Waals surface area contributed by atoms with Crippen LogP contribution in [0.2, 0.25) is 0 Å². The van der Waals surface area contributed by atoms with Crippen molar-refractivity contribution in [1.29, 1.82) is 0 Å². The maximum Gasteiger partial charge on any atom is 1.00 e. The normalized spacial score (nSPS) is 5.67. The minimum Gasteiger partial charge on any atom is -0.662 e. The van der Waals surface area contributed by atoms with E-state index in [1.165, 1.54) is 0 Å². The summed E-state index contributed by atoms with van der Waals surface area (Å²) in [5, 5.41) is 8.78. The first-order valence-electron chi connectivity index (χ1n) is 1.07. The molecule has 0 fully saturated rings. The van der Waals surface area contributed by atoms with Crippen LogP contribution in [0.3, 0.4) is 0 Å². The summed E-state index contributed by atoms with van der Waals surface area (Å²) in [5.41, 5.74) is 0. The van der Waals surface area contributed by atoms with E-state index >= 15 is 0 Å². The molecule has 0 bridgehead atoms. The fourth-order valence-electron chi connectivity index (χ4n) is 0. The van der Waals surface area contributed by atoms with Crippen LogP contribution in [-0.2, 0) is 26.8 Å². The average Bonchev–Trinajstić information content (AvgIpc) is 1.38. The van der Waals surface area contributed by atoms with Gasteiger partial charge in [0.15, 0.2) is 0 Å². The Bertz CT molecular complexity index is 44.1. The smallest absolute Gasteiger partial charge is 0.662 e. The molecule has 6 heavy (non-hydrogen) atoms. The van der Waals surface area contributed by atoms with Crippen molar-refractivity contribution in [3.05, 3.63) is 0 Å². The number of hydrogen-bond donors (Lipinski definition) is 0. The van der Waals surface area contributed by atoms with Crippen molar-refractivity contribution in [3.63, 3.8) is 0 Å². The van der Waals surface area contributed by atoms with Crippen molar-refractivity contribution in [2.45, 2.75) is 6.92 Å². The van der Waals surface area contributed by atoms with Gasteiger partial charge in [-0.3, -0.25) is 4.79 Å². The Balaban J connectivity index is 0. The summed E-state index contributed by atoms with van der Waals surface area (Å²) in [7, 11) is 0. The zero-order chi connectivity index (χ0) is 4.28. The fourth-order valence-corrected chi connectivity index (χ4v) is 0. The molecule has 0 unspecified atom stereocenters. The maximum atomic E-state index is 9.28. The maximum absolute atomic E-state index is 9.28. The molecule has 0 aliphatic carbocycles. The summed E-state index contributed by atoms with van der Waals surface area (Å²) in [6.45, 7) is 1.05. The third-order valence-electron chi connectivity index (χ3n) is 0.117. The van der Waals surface area contributed by atoms with Gasteiger partial charge in [-0.15, -0.1) is 0 Å². The Morgan fingerprint density at radius 3 is 2.00 bits per heavy atom. The Labute approximate surface area is 45.7 Å². The first-order chi connectivity index (χ1) is 2.27. The van der Waals surface area contributed by atoms with Crippen LogP contribution >= 0.6 is 0 Å². The third-order valence-corrected chi connectivity index (χ3v) is 0.117. The van der Waals surface area contributed by atoms with Crippen LogP contribution in [0.1, 0.15) is 6.92 Å². The molecule has 0 aliphatic heterocycles. The summed E-state index contributed by atoms with van der Waals surface area (Å²) in [4.78, 5) is 12.1. The van der Waals surface area contributed by atoms with E-state index in [2.05, 4.69) is 4.89 Å².